The van der Waals surface area contributed by atoms with Gasteiger partial charge in [-0.15, -0.1) is 0 Å². The van der Waals surface area contributed by atoms with E-state index in [0.29, 0.717) is 25.3 Å². The third kappa shape index (κ3) is 2.50. The lowest BCUT2D eigenvalue weighted by molar-refractivity contribution is -0.0426. The molecule has 94 valence electrons. The Morgan fingerprint density at radius 2 is 2.41 bits per heavy atom. The molecule has 1 aliphatic heterocycles. The van der Waals surface area contributed by atoms with Crippen LogP contribution in [0.2, 0.25) is 0 Å². The van der Waals surface area contributed by atoms with Gasteiger partial charge < -0.3 is 19.8 Å². The monoisotopic (exact) mass is 238 g/mol. The standard InChI is InChI=1S/C12H18N2O3/c1-8-6-17-11(4-13)5-14(8)12(15)10-3-9(2)16-7-10/h3,7-8,11H,4-6,13H2,1-2H3. The molecule has 0 aliphatic carbocycles. The molecular weight excluding hydrogens is 220 g/mol. The molecule has 1 aliphatic rings. The highest BCUT2D eigenvalue weighted by atomic mass is 16.5. The molecule has 0 bridgehead atoms. The Balaban J connectivity index is 2.12. The van der Waals surface area contributed by atoms with Crippen molar-refractivity contribution in [1.29, 1.82) is 0 Å². The number of hydrogen-bond donors (Lipinski definition) is 1. The molecule has 0 saturated carbocycles. The van der Waals surface area contributed by atoms with Crippen molar-refractivity contribution in [2.24, 2.45) is 5.73 Å². The predicted molar refractivity (Wildman–Crippen MR) is 62.7 cm³/mol. The van der Waals surface area contributed by atoms with Gasteiger partial charge in [-0.05, 0) is 19.9 Å². The van der Waals surface area contributed by atoms with Crippen LogP contribution in [0.5, 0.6) is 0 Å². The zero-order valence-corrected chi connectivity index (χ0v) is 10.2. The molecule has 1 aromatic heterocycles. The number of morpholine rings is 1. The van der Waals surface area contributed by atoms with E-state index in [0.717, 1.165) is 5.76 Å². The molecule has 0 spiro atoms. The van der Waals surface area contributed by atoms with Gasteiger partial charge in [0.15, 0.2) is 0 Å². The maximum atomic E-state index is 12.3. The molecule has 2 N–H and O–H groups in total. The Morgan fingerprint density at radius 1 is 1.65 bits per heavy atom. The molecule has 1 fully saturated rings. The second kappa shape index (κ2) is 4.89. The SMILES string of the molecule is Cc1cc(C(=O)N2CC(CN)OCC2C)co1. The lowest BCUT2D eigenvalue weighted by Crippen LogP contribution is -2.52. The highest BCUT2D eigenvalue weighted by Crippen LogP contribution is 2.16. The van der Waals surface area contributed by atoms with Crippen LogP contribution in [-0.4, -0.2) is 42.6 Å². The van der Waals surface area contributed by atoms with Crippen molar-refractivity contribution in [2.75, 3.05) is 19.7 Å². The molecule has 2 unspecified atom stereocenters. The van der Waals surface area contributed by atoms with E-state index >= 15 is 0 Å². The summed E-state index contributed by atoms with van der Waals surface area (Å²) >= 11 is 0. The minimum Gasteiger partial charge on any atom is -0.469 e. The van der Waals surface area contributed by atoms with Gasteiger partial charge in [0, 0.05) is 13.1 Å². The van der Waals surface area contributed by atoms with Crippen molar-refractivity contribution in [3.8, 4) is 0 Å². The number of rotatable bonds is 2. The second-order valence-electron chi connectivity index (χ2n) is 4.44. The maximum absolute atomic E-state index is 12.3. The number of carbonyl (C=O) groups is 1. The Bertz CT molecular complexity index is 402. The number of furan rings is 1. The fourth-order valence-corrected chi connectivity index (χ4v) is 1.96. The first-order valence-electron chi connectivity index (χ1n) is 5.79. The van der Waals surface area contributed by atoms with E-state index in [1.165, 1.54) is 6.26 Å². The quantitative estimate of drug-likeness (QED) is 0.826. The van der Waals surface area contributed by atoms with Crippen molar-refractivity contribution in [3.05, 3.63) is 23.7 Å². The Kier molecular flexibility index (Phi) is 3.49. The van der Waals surface area contributed by atoms with Crippen molar-refractivity contribution < 1.29 is 13.9 Å². The van der Waals surface area contributed by atoms with Crippen LogP contribution in [0.25, 0.3) is 0 Å². The average molecular weight is 238 g/mol. The van der Waals surface area contributed by atoms with Gasteiger partial charge in [-0.1, -0.05) is 0 Å². The highest BCUT2D eigenvalue weighted by molar-refractivity contribution is 5.94. The topological polar surface area (TPSA) is 68.7 Å². The molecule has 0 aromatic carbocycles. The van der Waals surface area contributed by atoms with Crippen LogP contribution in [-0.2, 0) is 4.74 Å². The molecule has 1 amide bonds. The van der Waals surface area contributed by atoms with Crippen LogP contribution in [0, 0.1) is 6.92 Å². The Hall–Kier alpha value is -1.33. The molecule has 1 aromatic rings. The van der Waals surface area contributed by atoms with Crippen LogP contribution < -0.4 is 5.73 Å². The first-order chi connectivity index (χ1) is 8.11. The van der Waals surface area contributed by atoms with Gasteiger partial charge >= 0.3 is 0 Å². The van der Waals surface area contributed by atoms with Gasteiger partial charge in [-0.25, -0.2) is 0 Å². The number of ether oxygens (including phenoxy) is 1. The van der Waals surface area contributed by atoms with E-state index in [-0.39, 0.29) is 18.1 Å². The fourth-order valence-electron chi connectivity index (χ4n) is 1.96. The molecule has 2 rings (SSSR count). The summed E-state index contributed by atoms with van der Waals surface area (Å²) in [6.45, 7) is 5.30. The van der Waals surface area contributed by atoms with Crippen LogP contribution in [0.15, 0.2) is 16.7 Å². The van der Waals surface area contributed by atoms with Crippen molar-refractivity contribution in [2.45, 2.75) is 26.0 Å². The number of carbonyl (C=O) groups excluding carboxylic acids is 1. The van der Waals surface area contributed by atoms with E-state index < -0.39 is 0 Å². The lowest BCUT2D eigenvalue weighted by Gasteiger charge is -2.37. The predicted octanol–water partition coefficient (Wildman–Crippen LogP) is 0.776. The number of nitrogens with two attached hydrogens (primary N) is 1. The van der Waals surface area contributed by atoms with Crippen LogP contribution in [0.4, 0.5) is 0 Å². The summed E-state index contributed by atoms with van der Waals surface area (Å²) in [5.41, 5.74) is 6.16. The van der Waals surface area contributed by atoms with E-state index in [1.807, 2.05) is 13.8 Å². The minimum absolute atomic E-state index is 0.0175. The number of nitrogens with zero attached hydrogens (tertiary/aromatic N) is 1. The average Bonchev–Trinajstić information content (AvgIpc) is 2.76. The number of hydrogen-bond acceptors (Lipinski definition) is 4. The Labute approximate surface area is 101 Å². The van der Waals surface area contributed by atoms with Crippen LogP contribution >= 0.6 is 0 Å². The van der Waals surface area contributed by atoms with E-state index in [4.69, 9.17) is 14.9 Å². The van der Waals surface area contributed by atoms with Gasteiger partial charge in [0.05, 0.1) is 24.3 Å². The van der Waals surface area contributed by atoms with Gasteiger partial charge in [0.25, 0.3) is 5.91 Å². The summed E-state index contributed by atoms with van der Waals surface area (Å²) in [5, 5.41) is 0. The molecule has 5 nitrogen and oxygen atoms in total. The third-order valence-electron chi connectivity index (χ3n) is 3.01. The summed E-state index contributed by atoms with van der Waals surface area (Å²) in [5.74, 6) is 0.723. The first-order valence-corrected chi connectivity index (χ1v) is 5.79. The largest absolute Gasteiger partial charge is 0.469 e. The zero-order valence-electron chi connectivity index (χ0n) is 10.2. The summed E-state index contributed by atoms with van der Waals surface area (Å²) in [6, 6.07) is 1.82. The van der Waals surface area contributed by atoms with Gasteiger partial charge in [-0.2, -0.15) is 0 Å². The zero-order chi connectivity index (χ0) is 12.4. The molecular formula is C12H18N2O3. The first kappa shape index (κ1) is 12.1. The van der Waals surface area contributed by atoms with Gasteiger partial charge in [-0.3, -0.25) is 4.79 Å². The smallest absolute Gasteiger partial charge is 0.257 e. The van der Waals surface area contributed by atoms with E-state index in [1.54, 1.807) is 11.0 Å². The van der Waals surface area contributed by atoms with Crippen molar-refractivity contribution in [3.63, 3.8) is 0 Å². The highest BCUT2D eigenvalue weighted by Gasteiger charge is 2.30. The van der Waals surface area contributed by atoms with Crippen molar-refractivity contribution >= 4 is 5.91 Å². The summed E-state index contributed by atoms with van der Waals surface area (Å²) in [4.78, 5) is 14.1. The van der Waals surface area contributed by atoms with Crippen molar-refractivity contribution in [1.82, 2.24) is 4.90 Å². The molecule has 5 heteroatoms. The second-order valence-corrected chi connectivity index (χ2v) is 4.44. The normalized spacial score (nSPS) is 25.0. The molecule has 0 radical (unpaired) electrons. The number of amides is 1. The summed E-state index contributed by atoms with van der Waals surface area (Å²) < 4.78 is 10.7. The van der Waals surface area contributed by atoms with E-state index in [2.05, 4.69) is 0 Å². The summed E-state index contributed by atoms with van der Waals surface area (Å²) in [6.07, 6.45) is 1.43. The van der Waals surface area contributed by atoms with E-state index in [9.17, 15) is 4.79 Å². The lowest BCUT2D eigenvalue weighted by atomic mass is 10.1. The minimum atomic E-state index is -0.0665. The van der Waals surface area contributed by atoms with Gasteiger partial charge in [0.2, 0.25) is 0 Å². The summed E-state index contributed by atoms with van der Waals surface area (Å²) in [7, 11) is 0. The van der Waals surface area contributed by atoms with Crippen LogP contribution in [0.3, 0.4) is 0 Å². The molecule has 2 atom stereocenters. The molecule has 1 saturated heterocycles. The fraction of sp³-hybridized carbons (Fsp3) is 0.583. The molecule has 2 heterocycles. The number of aryl methyl sites for hydroxylation is 1. The third-order valence-corrected chi connectivity index (χ3v) is 3.01. The Morgan fingerprint density at radius 3 is 3.00 bits per heavy atom. The maximum Gasteiger partial charge on any atom is 0.257 e. The molecule has 17 heavy (non-hydrogen) atoms. The van der Waals surface area contributed by atoms with Gasteiger partial charge in [0.1, 0.15) is 12.0 Å². The van der Waals surface area contributed by atoms with Crippen LogP contribution in [0.1, 0.15) is 23.0 Å².